The first kappa shape index (κ1) is 16.9. The fourth-order valence-corrected chi connectivity index (χ4v) is 2.57. The third kappa shape index (κ3) is 4.76. The molecule has 1 aromatic heterocycles. The Morgan fingerprint density at radius 3 is 2.56 bits per heavy atom. The van der Waals surface area contributed by atoms with Gasteiger partial charge in [0.15, 0.2) is 0 Å². The van der Waals surface area contributed by atoms with E-state index < -0.39 is 0 Å². The monoisotopic (exact) mass is 336 g/mol. The Morgan fingerprint density at radius 1 is 1.00 bits per heavy atom. The van der Waals surface area contributed by atoms with Crippen LogP contribution in [0.5, 0.6) is 0 Å². The molecule has 3 aromatic rings. The van der Waals surface area contributed by atoms with Crippen molar-refractivity contribution in [1.29, 1.82) is 0 Å². The van der Waals surface area contributed by atoms with Gasteiger partial charge in [-0.3, -0.25) is 0 Å². The molecule has 1 unspecified atom stereocenters. The van der Waals surface area contributed by atoms with Crippen LogP contribution < -0.4 is 10.6 Å². The van der Waals surface area contributed by atoms with Crippen LogP contribution in [0.1, 0.15) is 24.1 Å². The smallest absolute Gasteiger partial charge is 0.225 e. The summed E-state index contributed by atoms with van der Waals surface area (Å²) in [6, 6.07) is 18.9. The third-order valence-electron chi connectivity index (χ3n) is 3.96. The van der Waals surface area contributed by atoms with E-state index >= 15 is 0 Å². The molecule has 2 aromatic carbocycles. The van der Waals surface area contributed by atoms with E-state index in [2.05, 4.69) is 39.7 Å². The van der Waals surface area contributed by atoms with Crippen LogP contribution in [-0.2, 0) is 6.42 Å². The Labute approximate surface area is 147 Å². The van der Waals surface area contributed by atoms with Gasteiger partial charge in [-0.25, -0.2) is 9.37 Å². The molecule has 5 heteroatoms. The van der Waals surface area contributed by atoms with Gasteiger partial charge in [0.2, 0.25) is 5.95 Å². The van der Waals surface area contributed by atoms with Crippen molar-refractivity contribution in [2.45, 2.75) is 19.4 Å². The molecule has 0 bridgehead atoms. The lowest BCUT2D eigenvalue weighted by Crippen LogP contribution is -2.12. The number of halogens is 1. The largest absolute Gasteiger partial charge is 0.370 e. The van der Waals surface area contributed by atoms with Gasteiger partial charge in [-0.05, 0) is 36.6 Å². The lowest BCUT2D eigenvalue weighted by atomic mass is 10.1. The molecule has 0 spiro atoms. The standard InChI is InChI=1S/C20H21FN4/c1-15(16-7-3-2-4-8-16)24-20-23-14-12-19(25-20)22-13-11-17-9-5-6-10-18(17)21/h2-10,12,14-15H,11,13H2,1H3,(H2,22,23,24,25). The zero-order valence-electron chi connectivity index (χ0n) is 14.1. The van der Waals surface area contributed by atoms with Gasteiger partial charge in [0.05, 0.1) is 6.04 Å². The van der Waals surface area contributed by atoms with E-state index in [0.717, 1.165) is 0 Å². The van der Waals surface area contributed by atoms with Gasteiger partial charge in [-0.15, -0.1) is 0 Å². The molecule has 0 aliphatic heterocycles. The summed E-state index contributed by atoms with van der Waals surface area (Å²) >= 11 is 0. The van der Waals surface area contributed by atoms with Crippen LogP contribution >= 0.6 is 0 Å². The molecule has 25 heavy (non-hydrogen) atoms. The van der Waals surface area contributed by atoms with Gasteiger partial charge in [0.1, 0.15) is 11.6 Å². The first-order valence-corrected chi connectivity index (χ1v) is 8.34. The van der Waals surface area contributed by atoms with E-state index in [1.54, 1.807) is 24.4 Å². The highest BCUT2D eigenvalue weighted by atomic mass is 19.1. The summed E-state index contributed by atoms with van der Waals surface area (Å²) in [5.41, 5.74) is 1.86. The van der Waals surface area contributed by atoms with Crippen molar-refractivity contribution < 1.29 is 4.39 Å². The topological polar surface area (TPSA) is 49.8 Å². The van der Waals surface area contributed by atoms with Crippen LogP contribution in [0.3, 0.4) is 0 Å². The summed E-state index contributed by atoms with van der Waals surface area (Å²) in [4.78, 5) is 8.73. The molecule has 1 heterocycles. The van der Waals surface area contributed by atoms with E-state index in [0.29, 0.717) is 30.3 Å². The van der Waals surface area contributed by atoms with Crippen LogP contribution in [0, 0.1) is 5.82 Å². The van der Waals surface area contributed by atoms with Crippen LogP contribution in [0.2, 0.25) is 0 Å². The second-order valence-electron chi connectivity index (χ2n) is 5.81. The van der Waals surface area contributed by atoms with E-state index in [1.807, 2.05) is 24.3 Å². The number of hydrogen-bond donors (Lipinski definition) is 2. The molecule has 0 saturated carbocycles. The molecule has 4 nitrogen and oxygen atoms in total. The molecule has 3 rings (SSSR count). The minimum atomic E-state index is -0.175. The molecule has 0 fully saturated rings. The van der Waals surface area contributed by atoms with Crippen molar-refractivity contribution in [3.63, 3.8) is 0 Å². The second kappa shape index (κ2) is 8.24. The Bertz CT molecular complexity index is 808. The van der Waals surface area contributed by atoms with Gasteiger partial charge < -0.3 is 10.6 Å². The Morgan fingerprint density at radius 2 is 1.76 bits per heavy atom. The number of aromatic nitrogens is 2. The summed E-state index contributed by atoms with van der Waals surface area (Å²) in [6.45, 7) is 2.67. The summed E-state index contributed by atoms with van der Waals surface area (Å²) in [6.07, 6.45) is 2.30. The van der Waals surface area contributed by atoms with Crippen molar-refractivity contribution in [1.82, 2.24) is 9.97 Å². The molecule has 0 radical (unpaired) electrons. The van der Waals surface area contributed by atoms with Crippen molar-refractivity contribution in [2.24, 2.45) is 0 Å². The lowest BCUT2D eigenvalue weighted by molar-refractivity contribution is 0.610. The quantitative estimate of drug-likeness (QED) is 0.669. The van der Waals surface area contributed by atoms with Gasteiger partial charge in [0, 0.05) is 12.7 Å². The molecule has 0 aliphatic rings. The van der Waals surface area contributed by atoms with Gasteiger partial charge in [0.25, 0.3) is 0 Å². The van der Waals surface area contributed by atoms with Crippen LogP contribution in [0.4, 0.5) is 16.2 Å². The Hall–Kier alpha value is -2.95. The second-order valence-corrected chi connectivity index (χ2v) is 5.81. The maximum atomic E-state index is 13.6. The van der Waals surface area contributed by atoms with E-state index in [4.69, 9.17) is 0 Å². The Balaban J connectivity index is 1.57. The minimum Gasteiger partial charge on any atom is -0.370 e. The predicted octanol–water partition coefficient (Wildman–Crippen LogP) is 4.44. The van der Waals surface area contributed by atoms with Crippen LogP contribution in [0.15, 0.2) is 66.9 Å². The maximum Gasteiger partial charge on any atom is 0.225 e. The highest BCUT2D eigenvalue weighted by Crippen LogP contribution is 2.17. The molecule has 0 saturated heterocycles. The minimum absolute atomic E-state index is 0.106. The number of rotatable bonds is 7. The van der Waals surface area contributed by atoms with Gasteiger partial charge in [-0.1, -0.05) is 48.5 Å². The van der Waals surface area contributed by atoms with Crippen molar-refractivity contribution in [3.05, 3.63) is 83.8 Å². The highest BCUT2D eigenvalue weighted by Gasteiger charge is 2.07. The zero-order chi connectivity index (χ0) is 17.5. The third-order valence-corrected chi connectivity index (χ3v) is 3.96. The van der Waals surface area contributed by atoms with E-state index in [9.17, 15) is 4.39 Å². The number of hydrogen-bond acceptors (Lipinski definition) is 4. The first-order valence-electron chi connectivity index (χ1n) is 8.34. The number of nitrogens with zero attached hydrogens (tertiary/aromatic N) is 2. The average Bonchev–Trinajstić information content (AvgIpc) is 2.64. The number of benzene rings is 2. The lowest BCUT2D eigenvalue weighted by Gasteiger charge is -2.15. The van der Waals surface area contributed by atoms with Crippen LogP contribution in [0.25, 0.3) is 0 Å². The molecule has 128 valence electrons. The summed E-state index contributed by atoms with van der Waals surface area (Å²) in [5.74, 6) is 1.10. The van der Waals surface area contributed by atoms with Crippen LogP contribution in [-0.4, -0.2) is 16.5 Å². The van der Waals surface area contributed by atoms with Gasteiger partial charge in [-0.2, -0.15) is 4.98 Å². The fraction of sp³-hybridized carbons (Fsp3) is 0.200. The van der Waals surface area contributed by atoms with Crippen molar-refractivity contribution in [3.8, 4) is 0 Å². The van der Waals surface area contributed by atoms with E-state index in [-0.39, 0.29) is 11.9 Å². The highest BCUT2D eigenvalue weighted by molar-refractivity contribution is 5.41. The molecule has 1 atom stereocenters. The molecular formula is C20H21FN4. The molecule has 0 amide bonds. The normalized spacial score (nSPS) is 11.8. The zero-order valence-corrected chi connectivity index (χ0v) is 14.1. The predicted molar refractivity (Wildman–Crippen MR) is 99.1 cm³/mol. The summed E-state index contributed by atoms with van der Waals surface area (Å²) in [7, 11) is 0. The van der Waals surface area contributed by atoms with E-state index in [1.165, 1.54) is 11.6 Å². The first-order chi connectivity index (χ1) is 12.2. The average molecular weight is 336 g/mol. The fourth-order valence-electron chi connectivity index (χ4n) is 2.57. The maximum absolute atomic E-state index is 13.6. The van der Waals surface area contributed by atoms with Gasteiger partial charge >= 0.3 is 0 Å². The molecule has 2 N–H and O–H groups in total. The summed E-state index contributed by atoms with van der Waals surface area (Å²) in [5, 5.41) is 6.51. The number of anilines is 2. The molecule has 0 aliphatic carbocycles. The Kier molecular flexibility index (Phi) is 5.57. The SMILES string of the molecule is CC(Nc1nccc(NCCc2ccccc2F)n1)c1ccccc1. The molecular weight excluding hydrogens is 315 g/mol. The van der Waals surface area contributed by atoms with Crippen molar-refractivity contribution in [2.75, 3.05) is 17.2 Å². The summed E-state index contributed by atoms with van der Waals surface area (Å²) < 4.78 is 13.6. The number of nitrogens with one attached hydrogen (secondary N) is 2. The van der Waals surface area contributed by atoms with Crippen molar-refractivity contribution >= 4 is 11.8 Å².